The lowest BCUT2D eigenvalue weighted by Crippen LogP contribution is -2.35. The molecule has 0 amide bonds. The predicted octanol–water partition coefficient (Wildman–Crippen LogP) is 4.08. The van der Waals surface area contributed by atoms with E-state index in [2.05, 4.69) is 95.1 Å². The van der Waals surface area contributed by atoms with Crippen LogP contribution < -0.4 is 5.32 Å². The molecule has 0 saturated carbocycles. The molecular weight excluding hydrogens is 402 g/mol. The Labute approximate surface area is 190 Å². The van der Waals surface area contributed by atoms with Crippen molar-refractivity contribution in [1.82, 2.24) is 24.7 Å². The highest BCUT2D eigenvalue weighted by Gasteiger charge is 2.41. The average Bonchev–Trinajstić information content (AvgIpc) is 3.24. The summed E-state index contributed by atoms with van der Waals surface area (Å²) in [5, 5.41) is 4.37. The number of aryl methyl sites for hydroxylation is 1. The standard InChI is InChI=1S/C25H31N5S/c1-18-16-21(19(2)30(18)17-20-10-6-5-7-11-20)24-23(22-12-8-9-13-26-22)27-25(31)29(24)15-14-28(3)4/h5-13,16,23-24H,14-15,17H2,1-4H3,(H,27,31)/t23-,24-/m1/s1. The quantitative estimate of drug-likeness (QED) is 0.568. The Balaban J connectivity index is 1.73. The summed E-state index contributed by atoms with van der Waals surface area (Å²) in [7, 11) is 4.20. The first-order chi connectivity index (χ1) is 15.0. The highest BCUT2D eigenvalue weighted by molar-refractivity contribution is 7.80. The van der Waals surface area contributed by atoms with Crippen molar-refractivity contribution in [2.45, 2.75) is 32.5 Å². The van der Waals surface area contributed by atoms with Crippen molar-refractivity contribution in [2.75, 3.05) is 27.2 Å². The second kappa shape index (κ2) is 9.20. The first kappa shape index (κ1) is 21.5. The first-order valence-electron chi connectivity index (χ1n) is 10.8. The molecule has 3 aromatic rings. The van der Waals surface area contributed by atoms with Gasteiger partial charge in [-0.05, 0) is 69.5 Å². The van der Waals surface area contributed by atoms with Crippen LogP contribution in [0.15, 0.2) is 60.8 Å². The maximum Gasteiger partial charge on any atom is 0.170 e. The molecule has 2 aromatic heterocycles. The molecule has 1 aliphatic rings. The fourth-order valence-corrected chi connectivity index (χ4v) is 4.76. The fraction of sp³-hybridized carbons (Fsp3) is 0.360. The van der Waals surface area contributed by atoms with Gasteiger partial charge >= 0.3 is 0 Å². The summed E-state index contributed by atoms with van der Waals surface area (Å²) < 4.78 is 2.41. The van der Waals surface area contributed by atoms with Crippen molar-refractivity contribution in [3.63, 3.8) is 0 Å². The zero-order chi connectivity index (χ0) is 22.0. The number of likely N-dealkylation sites (N-methyl/N-ethyl adjacent to an activating group) is 1. The number of nitrogens with one attached hydrogen (secondary N) is 1. The van der Waals surface area contributed by atoms with Crippen LogP contribution in [0.5, 0.6) is 0 Å². The van der Waals surface area contributed by atoms with Gasteiger partial charge in [0.2, 0.25) is 0 Å². The minimum absolute atomic E-state index is 0.0292. The van der Waals surface area contributed by atoms with Crippen LogP contribution in [-0.4, -0.2) is 51.6 Å². The molecule has 0 radical (unpaired) electrons. The number of hydrogen-bond acceptors (Lipinski definition) is 3. The van der Waals surface area contributed by atoms with Gasteiger partial charge in [0.15, 0.2) is 5.11 Å². The monoisotopic (exact) mass is 433 g/mol. The number of pyridine rings is 1. The molecule has 1 aliphatic heterocycles. The zero-order valence-corrected chi connectivity index (χ0v) is 19.6. The largest absolute Gasteiger partial charge is 0.352 e. The van der Waals surface area contributed by atoms with E-state index in [4.69, 9.17) is 12.2 Å². The molecule has 0 aliphatic carbocycles. The number of hydrogen-bond donors (Lipinski definition) is 1. The maximum atomic E-state index is 5.80. The van der Waals surface area contributed by atoms with Crippen LogP contribution in [0.2, 0.25) is 0 Å². The SMILES string of the molecule is Cc1cc([C@@H]2[C@@H](c3ccccn3)NC(=S)N2CCN(C)C)c(C)n1Cc1ccccc1. The molecule has 0 unspecified atom stereocenters. The number of benzene rings is 1. The van der Waals surface area contributed by atoms with Gasteiger partial charge in [-0.1, -0.05) is 36.4 Å². The molecular formula is C25H31N5S. The third-order valence-electron chi connectivity index (χ3n) is 6.10. The Morgan fingerprint density at radius 2 is 1.81 bits per heavy atom. The lowest BCUT2D eigenvalue weighted by molar-refractivity contribution is 0.277. The van der Waals surface area contributed by atoms with Crippen LogP contribution in [0.3, 0.4) is 0 Å². The van der Waals surface area contributed by atoms with Crippen molar-refractivity contribution in [1.29, 1.82) is 0 Å². The molecule has 162 valence electrons. The smallest absolute Gasteiger partial charge is 0.170 e. The lowest BCUT2D eigenvalue weighted by Gasteiger charge is -2.29. The van der Waals surface area contributed by atoms with E-state index in [9.17, 15) is 0 Å². The minimum atomic E-state index is 0.0292. The molecule has 1 saturated heterocycles. The molecule has 1 fully saturated rings. The highest BCUT2D eigenvalue weighted by atomic mass is 32.1. The normalized spacial score (nSPS) is 18.6. The number of aromatic nitrogens is 2. The van der Waals surface area contributed by atoms with Crippen LogP contribution in [0.25, 0.3) is 0 Å². The van der Waals surface area contributed by atoms with Gasteiger partial charge in [0.1, 0.15) is 0 Å². The van der Waals surface area contributed by atoms with E-state index < -0.39 is 0 Å². The molecule has 3 heterocycles. The van der Waals surface area contributed by atoms with E-state index in [1.54, 1.807) is 0 Å². The lowest BCUT2D eigenvalue weighted by atomic mass is 9.97. The van der Waals surface area contributed by atoms with Crippen LogP contribution in [0.1, 0.15) is 40.3 Å². The molecule has 31 heavy (non-hydrogen) atoms. The molecule has 4 rings (SSSR count). The van der Waals surface area contributed by atoms with Gasteiger partial charge in [0, 0.05) is 37.2 Å². The van der Waals surface area contributed by atoms with E-state index in [0.717, 1.165) is 30.4 Å². The van der Waals surface area contributed by atoms with E-state index in [1.807, 2.05) is 18.3 Å². The second-order valence-electron chi connectivity index (χ2n) is 8.52. The minimum Gasteiger partial charge on any atom is -0.352 e. The second-order valence-corrected chi connectivity index (χ2v) is 8.91. The summed E-state index contributed by atoms with van der Waals surface area (Å²) in [6, 6.07) is 19.2. The Bertz CT molecular complexity index is 1030. The summed E-state index contributed by atoms with van der Waals surface area (Å²) in [5.74, 6) is 0. The van der Waals surface area contributed by atoms with Gasteiger partial charge in [-0.15, -0.1) is 0 Å². The van der Waals surface area contributed by atoms with E-state index in [1.165, 1.54) is 22.5 Å². The van der Waals surface area contributed by atoms with Crippen LogP contribution in [0.4, 0.5) is 0 Å². The summed E-state index contributed by atoms with van der Waals surface area (Å²) in [6.45, 7) is 7.10. The fourth-order valence-electron chi connectivity index (χ4n) is 4.43. The molecule has 0 spiro atoms. The Kier molecular flexibility index (Phi) is 6.39. The van der Waals surface area contributed by atoms with E-state index >= 15 is 0 Å². The van der Waals surface area contributed by atoms with Crippen LogP contribution in [0, 0.1) is 13.8 Å². The molecule has 1 N–H and O–H groups in total. The summed E-state index contributed by atoms with van der Waals surface area (Å²) >= 11 is 5.80. The Hall–Kier alpha value is -2.70. The van der Waals surface area contributed by atoms with Gasteiger partial charge in [-0.3, -0.25) is 4.98 Å². The summed E-state index contributed by atoms with van der Waals surface area (Å²) in [6.07, 6.45) is 1.86. The van der Waals surface area contributed by atoms with Crippen molar-refractivity contribution < 1.29 is 0 Å². The van der Waals surface area contributed by atoms with Crippen LogP contribution in [-0.2, 0) is 6.54 Å². The van der Waals surface area contributed by atoms with Gasteiger partial charge in [0.05, 0.1) is 17.8 Å². The molecule has 6 heteroatoms. The molecule has 2 atom stereocenters. The van der Waals surface area contributed by atoms with E-state index in [-0.39, 0.29) is 12.1 Å². The first-order valence-corrected chi connectivity index (χ1v) is 11.2. The van der Waals surface area contributed by atoms with Crippen molar-refractivity contribution in [2.24, 2.45) is 0 Å². The Morgan fingerprint density at radius 1 is 1.06 bits per heavy atom. The van der Waals surface area contributed by atoms with Crippen LogP contribution >= 0.6 is 12.2 Å². The number of thiocarbonyl (C=S) groups is 1. The van der Waals surface area contributed by atoms with Crippen molar-refractivity contribution in [3.05, 3.63) is 89.0 Å². The third-order valence-corrected chi connectivity index (χ3v) is 6.45. The third kappa shape index (κ3) is 4.50. The van der Waals surface area contributed by atoms with Gasteiger partial charge in [0.25, 0.3) is 0 Å². The molecule has 0 bridgehead atoms. The maximum absolute atomic E-state index is 5.80. The van der Waals surface area contributed by atoms with Gasteiger partial charge in [-0.2, -0.15) is 0 Å². The number of nitrogens with zero attached hydrogens (tertiary/aromatic N) is 4. The summed E-state index contributed by atoms with van der Waals surface area (Å²) in [5.41, 5.74) is 6.20. The van der Waals surface area contributed by atoms with E-state index in [0.29, 0.717) is 0 Å². The zero-order valence-electron chi connectivity index (χ0n) is 18.7. The van der Waals surface area contributed by atoms with Gasteiger partial charge in [-0.25, -0.2) is 0 Å². The molecule has 1 aromatic carbocycles. The highest BCUT2D eigenvalue weighted by Crippen LogP contribution is 2.40. The Morgan fingerprint density at radius 3 is 2.48 bits per heavy atom. The van der Waals surface area contributed by atoms with Crippen molar-refractivity contribution >= 4 is 17.3 Å². The van der Waals surface area contributed by atoms with Gasteiger partial charge < -0.3 is 19.7 Å². The summed E-state index contributed by atoms with van der Waals surface area (Å²) in [4.78, 5) is 9.20. The average molecular weight is 434 g/mol. The topological polar surface area (TPSA) is 36.3 Å². The number of rotatable bonds is 7. The van der Waals surface area contributed by atoms with Crippen molar-refractivity contribution in [3.8, 4) is 0 Å². The molecule has 5 nitrogen and oxygen atoms in total. The predicted molar refractivity (Wildman–Crippen MR) is 130 cm³/mol.